The lowest BCUT2D eigenvalue weighted by Crippen LogP contribution is -2.36. The Morgan fingerprint density at radius 2 is 2.33 bits per heavy atom. The fourth-order valence-corrected chi connectivity index (χ4v) is 2.35. The predicted molar refractivity (Wildman–Crippen MR) is 73.6 cm³/mol. The van der Waals surface area contributed by atoms with Crippen LogP contribution in [0.25, 0.3) is 11.0 Å². The van der Waals surface area contributed by atoms with Crippen LogP contribution in [0.2, 0.25) is 0 Å². The number of thioether (sulfide) groups is 1. The first-order chi connectivity index (χ1) is 8.52. The number of aromatic amines is 1. The molecule has 1 unspecified atom stereocenters. The highest BCUT2D eigenvalue weighted by Gasteiger charge is 2.20. The number of nitrogen functional groups attached to an aromatic ring is 1. The van der Waals surface area contributed by atoms with Crippen molar-refractivity contribution >= 4 is 34.6 Å². The number of hydrogen-bond acceptors (Lipinski definition) is 7. The highest BCUT2D eigenvalue weighted by Crippen LogP contribution is 2.20. The summed E-state index contributed by atoms with van der Waals surface area (Å²) in [6, 6.07) is 0. The Morgan fingerprint density at radius 3 is 3.06 bits per heavy atom. The van der Waals surface area contributed by atoms with Crippen LogP contribution in [0.1, 0.15) is 6.92 Å². The van der Waals surface area contributed by atoms with Gasteiger partial charge >= 0.3 is 0 Å². The van der Waals surface area contributed by atoms with E-state index in [4.69, 9.17) is 5.73 Å². The number of anilines is 2. The van der Waals surface area contributed by atoms with E-state index in [1.807, 2.05) is 6.26 Å². The van der Waals surface area contributed by atoms with Crippen molar-refractivity contribution in [2.45, 2.75) is 12.5 Å². The Bertz CT molecular complexity index is 540. The van der Waals surface area contributed by atoms with Crippen molar-refractivity contribution in [2.75, 3.05) is 29.6 Å². The van der Waals surface area contributed by atoms with Gasteiger partial charge in [0.2, 0.25) is 5.95 Å². The molecule has 2 aromatic rings. The van der Waals surface area contributed by atoms with Gasteiger partial charge in [-0.2, -0.15) is 26.8 Å². The fourth-order valence-electron chi connectivity index (χ4n) is 1.62. The summed E-state index contributed by atoms with van der Waals surface area (Å²) >= 11 is 1.59. The molecule has 5 N–H and O–H groups in total. The third-order valence-electron chi connectivity index (χ3n) is 2.42. The van der Waals surface area contributed by atoms with E-state index >= 15 is 0 Å². The van der Waals surface area contributed by atoms with Crippen LogP contribution in [0.15, 0.2) is 6.20 Å². The topological polar surface area (TPSA) is 113 Å². The van der Waals surface area contributed by atoms with Gasteiger partial charge < -0.3 is 16.2 Å². The molecule has 1 atom stereocenters. The number of H-pyrrole nitrogens is 1. The highest BCUT2D eigenvalue weighted by atomic mass is 32.2. The van der Waals surface area contributed by atoms with Crippen LogP contribution < -0.4 is 11.1 Å². The average molecular weight is 268 g/mol. The minimum absolute atomic E-state index is 0.166. The number of fused-ring (bicyclic) bond motifs is 1. The van der Waals surface area contributed by atoms with Crippen molar-refractivity contribution < 1.29 is 5.11 Å². The van der Waals surface area contributed by atoms with Gasteiger partial charge in [-0.1, -0.05) is 0 Å². The van der Waals surface area contributed by atoms with Crippen molar-refractivity contribution in [1.82, 2.24) is 20.2 Å². The molecular formula is C10H16N6OS. The van der Waals surface area contributed by atoms with E-state index in [-0.39, 0.29) is 5.95 Å². The molecule has 0 saturated heterocycles. The molecule has 0 bridgehead atoms. The number of nitrogens with one attached hydrogen (secondary N) is 2. The van der Waals surface area contributed by atoms with Gasteiger partial charge in [0.1, 0.15) is 5.82 Å². The lowest BCUT2D eigenvalue weighted by Gasteiger charge is -2.22. The number of nitrogens with two attached hydrogens (primary N) is 1. The number of rotatable bonds is 5. The first-order valence-corrected chi connectivity index (χ1v) is 6.83. The normalized spacial score (nSPS) is 14.6. The smallest absolute Gasteiger partial charge is 0.224 e. The maximum absolute atomic E-state index is 10.1. The molecule has 0 fully saturated rings. The second kappa shape index (κ2) is 4.99. The zero-order valence-electron chi connectivity index (χ0n) is 10.3. The molecule has 18 heavy (non-hydrogen) atoms. The Balaban J connectivity index is 2.19. The zero-order chi connectivity index (χ0) is 13.2. The third-order valence-corrected chi connectivity index (χ3v) is 3.33. The minimum atomic E-state index is -0.810. The molecule has 2 heterocycles. The number of hydrogen-bond donors (Lipinski definition) is 4. The van der Waals surface area contributed by atoms with Gasteiger partial charge in [-0.05, 0) is 13.2 Å². The maximum Gasteiger partial charge on any atom is 0.224 e. The molecule has 0 aliphatic heterocycles. The van der Waals surface area contributed by atoms with Gasteiger partial charge in [-0.25, -0.2) is 0 Å². The fraction of sp³-hybridized carbons (Fsp3) is 0.500. The van der Waals surface area contributed by atoms with E-state index in [1.165, 1.54) is 0 Å². The van der Waals surface area contributed by atoms with Gasteiger partial charge in [-0.15, -0.1) is 0 Å². The van der Waals surface area contributed by atoms with Crippen LogP contribution in [0.3, 0.4) is 0 Å². The van der Waals surface area contributed by atoms with Crippen molar-refractivity contribution in [1.29, 1.82) is 0 Å². The van der Waals surface area contributed by atoms with Gasteiger partial charge in [0, 0.05) is 12.3 Å². The molecule has 98 valence electrons. The molecule has 0 aliphatic carbocycles. The molecule has 2 rings (SSSR count). The lowest BCUT2D eigenvalue weighted by molar-refractivity contribution is 0.0996. The predicted octanol–water partition coefficient (Wildman–Crippen LogP) is 0.461. The first-order valence-electron chi connectivity index (χ1n) is 5.43. The van der Waals surface area contributed by atoms with Gasteiger partial charge in [0.25, 0.3) is 0 Å². The Labute approximate surface area is 109 Å². The number of aliphatic hydroxyl groups is 1. The van der Waals surface area contributed by atoms with Crippen molar-refractivity contribution in [2.24, 2.45) is 0 Å². The van der Waals surface area contributed by atoms with Crippen LogP contribution in [-0.2, 0) is 0 Å². The summed E-state index contributed by atoms with van der Waals surface area (Å²) in [5, 5.41) is 20.6. The van der Waals surface area contributed by atoms with Crippen LogP contribution >= 0.6 is 11.8 Å². The average Bonchev–Trinajstić information content (AvgIpc) is 2.73. The van der Waals surface area contributed by atoms with Crippen LogP contribution in [0.5, 0.6) is 0 Å². The summed E-state index contributed by atoms with van der Waals surface area (Å²) < 4.78 is 0. The van der Waals surface area contributed by atoms with Crippen molar-refractivity contribution in [3.05, 3.63) is 6.20 Å². The largest absolute Gasteiger partial charge is 0.387 e. The second-order valence-corrected chi connectivity index (χ2v) is 5.21. The summed E-state index contributed by atoms with van der Waals surface area (Å²) in [5.74, 6) is 1.38. The van der Waals surface area contributed by atoms with E-state index in [0.29, 0.717) is 23.8 Å². The maximum atomic E-state index is 10.1. The zero-order valence-corrected chi connectivity index (χ0v) is 11.1. The Kier molecular flexibility index (Phi) is 3.58. The number of aromatic nitrogens is 4. The van der Waals surface area contributed by atoms with Gasteiger partial charge in [-0.3, -0.25) is 5.10 Å². The Hall–Kier alpha value is -1.54. The molecular weight excluding hydrogens is 252 g/mol. The van der Waals surface area contributed by atoms with Crippen molar-refractivity contribution in [3.8, 4) is 0 Å². The standard InChI is InChI=1S/C10H16N6OS/c1-10(17,5-18-2)4-12-7-6-3-13-16-8(6)15-9(11)14-7/h3,17H,4-5H2,1-2H3,(H4,11,12,13,14,15,16). The molecule has 7 nitrogen and oxygen atoms in total. The van der Waals surface area contributed by atoms with E-state index in [1.54, 1.807) is 24.9 Å². The molecule has 2 aromatic heterocycles. The van der Waals surface area contributed by atoms with E-state index < -0.39 is 5.60 Å². The highest BCUT2D eigenvalue weighted by molar-refractivity contribution is 7.98. The Morgan fingerprint density at radius 1 is 1.56 bits per heavy atom. The van der Waals surface area contributed by atoms with E-state index in [2.05, 4.69) is 25.5 Å². The third kappa shape index (κ3) is 2.82. The van der Waals surface area contributed by atoms with Crippen molar-refractivity contribution in [3.63, 3.8) is 0 Å². The molecule has 8 heteroatoms. The molecule has 0 spiro atoms. The van der Waals surface area contributed by atoms with E-state index in [9.17, 15) is 5.11 Å². The van der Waals surface area contributed by atoms with Crippen LogP contribution in [0.4, 0.5) is 11.8 Å². The summed E-state index contributed by atoms with van der Waals surface area (Å²) in [6.07, 6.45) is 3.58. The monoisotopic (exact) mass is 268 g/mol. The SMILES string of the molecule is CSCC(C)(O)CNc1nc(N)nc2[nH]ncc12. The van der Waals surface area contributed by atoms with Crippen LogP contribution in [-0.4, -0.2) is 49.4 Å². The summed E-state index contributed by atoms with van der Waals surface area (Å²) in [6.45, 7) is 2.15. The molecule has 0 aromatic carbocycles. The first kappa shape index (κ1) is 12.9. The van der Waals surface area contributed by atoms with E-state index in [0.717, 1.165) is 5.39 Å². The molecule has 0 radical (unpaired) electrons. The minimum Gasteiger partial charge on any atom is -0.387 e. The summed E-state index contributed by atoms with van der Waals surface area (Å²) in [5.41, 5.74) is 5.37. The van der Waals surface area contributed by atoms with Gasteiger partial charge in [0.15, 0.2) is 5.65 Å². The van der Waals surface area contributed by atoms with Crippen LogP contribution in [0, 0.1) is 0 Å². The number of nitrogens with zero attached hydrogens (tertiary/aromatic N) is 3. The molecule has 0 aliphatic rings. The molecule has 0 amide bonds. The second-order valence-electron chi connectivity index (χ2n) is 4.35. The quantitative estimate of drug-likeness (QED) is 0.623. The lowest BCUT2D eigenvalue weighted by atomic mass is 10.1. The molecule has 0 saturated carbocycles. The summed E-state index contributed by atoms with van der Waals surface area (Å²) in [7, 11) is 0. The summed E-state index contributed by atoms with van der Waals surface area (Å²) in [4.78, 5) is 8.13. The van der Waals surface area contributed by atoms with Gasteiger partial charge in [0.05, 0.1) is 17.2 Å².